The average Bonchev–Trinajstić information content (AvgIpc) is 3.05. The van der Waals surface area contributed by atoms with Crippen LogP contribution in [0.3, 0.4) is 0 Å². The predicted molar refractivity (Wildman–Crippen MR) is 121 cm³/mol. The molecule has 4 rings (SSSR count). The molecule has 0 radical (unpaired) electrons. The normalized spacial score (nSPS) is 21.3. The number of ketones is 1. The molecule has 0 spiro atoms. The van der Waals surface area contributed by atoms with Gasteiger partial charge in [0.25, 0.3) is 11.7 Å². The molecule has 0 unspecified atom stereocenters. The van der Waals surface area contributed by atoms with Gasteiger partial charge in [0.1, 0.15) is 11.6 Å². The Morgan fingerprint density at radius 3 is 2.34 bits per heavy atom. The van der Waals surface area contributed by atoms with E-state index in [0.29, 0.717) is 37.3 Å². The summed E-state index contributed by atoms with van der Waals surface area (Å²) in [4.78, 5) is 29.7. The number of aliphatic hydroxyl groups is 1. The Morgan fingerprint density at radius 2 is 1.69 bits per heavy atom. The zero-order valence-electron chi connectivity index (χ0n) is 17.5. The van der Waals surface area contributed by atoms with Crippen LogP contribution in [0.25, 0.3) is 5.76 Å². The Balaban J connectivity index is 1.66. The molecule has 2 aliphatic rings. The third-order valence-electron chi connectivity index (χ3n) is 5.82. The van der Waals surface area contributed by atoms with Gasteiger partial charge in [-0.15, -0.1) is 0 Å². The lowest BCUT2D eigenvalue weighted by molar-refractivity contribution is -0.140. The van der Waals surface area contributed by atoms with Crippen molar-refractivity contribution in [1.82, 2.24) is 9.80 Å². The second-order valence-electron chi connectivity index (χ2n) is 7.86. The molecule has 6 nitrogen and oxygen atoms in total. The molecule has 8 heteroatoms. The molecular formula is C24H24BrFN2O4. The number of morpholine rings is 1. The van der Waals surface area contributed by atoms with Gasteiger partial charge in [0.2, 0.25) is 0 Å². The van der Waals surface area contributed by atoms with E-state index in [2.05, 4.69) is 20.8 Å². The van der Waals surface area contributed by atoms with Gasteiger partial charge in [-0.3, -0.25) is 14.5 Å². The van der Waals surface area contributed by atoms with E-state index in [4.69, 9.17) is 4.74 Å². The van der Waals surface area contributed by atoms with Crippen molar-refractivity contribution in [1.29, 1.82) is 0 Å². The number of halogens is 2. The maximum absolute atomic E-state index is 13.6. The van der Waals surface area contributed by atoms with Crippen molar-refractivity contribution in [2.45, 2.75) is 12.5 Å². The van der Waals surface area contributed by atoms with Crippen molar-refractivity contribution in [2.24, 2.45) is 0 Å². The maximum atomic E-state index is 13.6. The molecule has 2 aromatic rings. The van der Waals surface area contributed by atoms with Crippen LogP contribution < -0.4 is 0 Å². The molecule has 0 saturated carbocycles. The van der Waals surface area contributed by atoms with Gasteiger partial charge in [-0.1, -0.05) is 40.2 Å². The summed E-state index contributed by atoms with van der Waals surface area (Å²) >= 11 is 3.35. The number of carbonyl (C=O) groups excluding carboxylic acids is 2. The third kappa shape index (κ3) is 4.77. The van der Waals surface area contributed by atoms with Crippen molar-refractivity contribution in [3.05, 3.63) is 75.5 Å². The molecule has 1 atom stereocenters. The Bertz CT molecular complexity index is 1020. The Hall–Kier alpha value is -2.55. The lowest BCUT2D eigenvalue weighted by Gasteiger charge is -2.29. The molecule has 2 aliphatic heterocycles. The number of hydrogen-bond donors (Lipinski definition) is 1. The minimum Gasteiger partial charge on any atom is -0.507 e. The summed E-state index contributed by atoms with van der Waals surface area (Å²) in [6.45, 7) is 4.17. The molecule has 2 heterocycles. The number of benzene rings is 2. The summed E-state index contributed by atoms with van der Waals surface area (Å²) in [7, 11) is 0. The molecule has 0 bridgehead atoms. The first-order valence-electron chi connectivity index (χ1n) is 10.6. The highest BCUT2D eigenvalue weighted by atomic mass is 79.9. The minimum absolute atomic E-state index is 0.0234. The standard InChI is InChI=1S/C24H24BrFN2O4/c25-18-6-2-17(3-7-18)22(29)20-21(16-4-8-19(26)9-5-16)28(24(31)23(20)30)11-1-10-27-12-14-32-15-13-27/h2-9,21,29H,1,10-15H2/b22-20+/t21-/m1/s1. The molecule has 168 valence electrons. The molecule has 2 fully saturated rings. The van der Waals surface area contributed by atoms with E-state index < -0.39 is 23.5 Å². The lowest BCUT2D eigenvalue weighted by atomic mass is 9.95. The summed E-state index contributed by atoms with van der Waals surface area (Å²) in [6, 6.07) is 11.8. The maximum Gasteiger partial charge on any atom is 0.295 e. The van der Waals surface area contributed by atoms with Crippen molar-refractivity contribution < 1.29 is 23.8 Å². The van der Waals surface area contributed by atoms with Crippen LogP contribution >= 0.6 is 15.9 Å². The summed E-state index contributed by atoms with van der Waals surface area (Å²) in [5, 5.41) is 11.0. The topological polar surface area (TPSA) is 70.1 Å². The number of nitrogens with zero attached hydrogens (tertiary/aromatic N) is 2. The summed E-state index contributed by atoms with van der Waals surface area (Å²) < 4.78 is 19.8. The minimum atomic E-state index is -0.774. The van der Waals surface area contributed by atoms with Gasteiger partial charge in [-0.05, 0) is 36.2 Å². The molecule has 2 saturated heterocycles. The lowest BCUT2D eigenvalue weighted by Crippen LogP contribution is -2.38. The molecule has 0 aliphatic carbocycles. The molecular weight excluding hydrogens is 479 g/mol. The number of rotatable bonds is 6. The van der Waals surface area contributed by atoms with Crippen LogP contribution in [0.4, 0.5) is 4.39 Å². The SMILES string of the molecule is O=C1C(=O)N(CCCN2CCOCC2)[C@H](c2ccc(F)cc2)/C1=C(\O)c1ccc(Br)cc1. The van der Waals surface area contributed by atoms with Gasteiger partial charge in [-0.25, -0.2) is 4.39 Å². The Labute approximate surface area is 194 Å². The van der Waals surface area contributed by atoms with E-state index in [1.165, 1.54) is 17.0 Å². The first-order chi connectivity index (χ1) is 15.5. The van der Waals surface area contributed by atoms with Crippen LogP contribution in [-0.4, -0.2) is 66.0 Å². The van der Waals surface area contributed by atoms with Crippen molar-refractivity contribution in [3.8, 4) is 0 Å². The fourth-order valence-corrected chi connectivity index (χ4v) is 4.42. The largest absolute Gasteiger partial charge is 0.507 e. The summed E-state index contributed by atoms with van der Waals surface area (Å²) in [5.41, 5.74) is 1.04. The number of amides is 1. The summed E-state index contributed by atoms with van der Waals surface area (Å²) in [6.07, 6.45) is 0.670. The van der Waals surface area contributed by atoms with Crippen LogP contribution in [0.5, 0.6) is 0 Å². The second-order valence-corrected chi connectivity index (χ2v) is 8.77. The first kappa shape index (κ1) is 22.6. The van der Waals surface area contributed by atoms with E-state index in [9.17, 15) is 19.1 Å². The van der Waals surface area contributed by atoms with Gasteiger partial charge in [0.15, 0.2) is 0 Å². The van der Waals surface area contributed by atoms with Gasteiger partial charge >= 0.3 is 0 Å². The monoisotopic (exact) mass is 502 g/mol. The smallest absolute Gasteiger partial charge is 0.295 e. The molecule has 2 aromatic carbocycles. The highest BCUT2D eigenvalue weighted by molar-refractivity contribution is 9.10. The van der Waals surface area contributed by atoms with E-state index >= 15 is 0 Å². The molecule has 1 N–H and O–H groups in total. The number of ether oxygens (including phenoxy) is 1. The van der Waals surface area contributed by atoms with Crippen LogP contribution in [0.15, 0.2) is 58.6 Å². The summed E-state index contributed by atoms with van der Waals surface area (Å²) in [5.74, 6) is -2.03. The van der Waals surface area contributed by atoms with E-state index in [1.54, 1.807) is 36.4 Å². The second kappa shape index (κ2) is 9.94. The Morgan fingerprint density at radius 1 is 1.03 bits per heavy atom. The highest BCUT2D eigenvalue weighted by Crippen LogP contribution is 2.39. The third-order valence-corrected chi connectivity index (χ3v) is 6.35. The van der Waals surface area contributed by atoms with Gasteiger partial charge in [-0.2, -0.15) is 0 Å². The van der Waals surface area contributed by atoms with Crippen LogP contribution in [0.2, 0.25) is 0 Å². The average molecular weight is 503 g/mol. The van der Waals surface area contributed by atoms with Crippen LogP contribution in [0, 0.1) is 5.82 Å². The van der Waals surface area contributed by atoms with Crippen molar-refractivity contribution in [2.75, 3.05) is 39.4 Å². The van der Waals surface area contributed by atoms with E-state index in [-0.39, 0.29) is 11.3 Å². The Kier molecular flexibility index (Phi) is 7.03. The molecule has 0 aromatic heterocycles. The van der Waals surface area contributed by atoms with Crippen molar-refractivity contribution >= 4 is 33.4 Å². The zero-order valence-corrected chi connectivity index (χ0v) is 19.1. The first-order valence-corrected chi connectivity index (χ1v) is 11.3. The fraction of sp³-hybridized carbons (Fsp3) is 0.333. The molecule has 32 heavy (non-hydrogen) atoms. The van der Waals surface area contributed by atoms with Crippen molar-refractivity contribution in [3.63, 3.8) is 0 Å². The number of hydrogen-bond acceptors (Lipinski definition) is 5. The number of carbonyl (C=O) groups is 2. The van der Waals surface area contributed by atoms with E-state index in [1.807, 2.05) is 0 Å². The van der Waals surface area contributed by atoms with E-state index in [0.717, 1.165) is 24.1 Å². The van der Waals surface area contributed by atoms with Gasteiger partial charge in [0.05, 0.1) is 24.8 Å². The molecule has 1 amide bonds. The predicted octanol–water partition coefficient (Wildman–Crippen LogP) is 3.73. The number of aliphatic hydroxyl groups excluding tert-OH is 1. The fourth-order valence-electron chi connectivity index (χ4n) is 4.15. The van der Waals surface area contributed by atoms with Gasteiger partial charge < -0.3 is 14.7 Å². The van der Waals surface area contributed by atoms with Crippen LogP contribution in [-0.2, 0) is 14.3 Å². The number of Topliss-reactive ketones (excluding diaryl/α,β-unsaturated/α-hetero) is 1. The quantitative estimate of drug-likeness (QED) is 0.370. The van der Waals surface area contributed by atoms with Gasteiger partial charge in [0, 0.05) is 36.2 Å². The number of likely N-dealkylation sites (tertiary alicyclic amines) is 1. The van der Waals surface area contributed by atoms with Crippen LogP contribution in [0.1, 0.15) is 23.6 Å². The highest BCUT2D eigenvalue weighted by Gasteiger charge is 2.45. The zero-order chi connectivity index (χ0) is 22.7.